The highest BCUT2D eigenvalue weighted by molar-refractivity contribution is 8.05. The van der Waals surface area contributed by atoms with E-state index in [0.29, 0.717) is 28.4 Å². The first-order valence-electron chi connectivity index (χ1n) is 8.41. The van der Waals surface area contributed by atoms with E-state index in [1.807, 2.05) is 13.8 Å². The van der Waals surface area contributed by atoms with E-state index in [4.69, 9.17) is 0 Å². The van der Waals surface area contributed by atoms with Crippen LogP contribution in [0, 0.1) is 11.8 Å². The number of allylic oxidation sites excluding steroid dienone is 2. The van der Waals surface area contributed by atoms with E-state index in [9.17, 15) is 14.4 Å². The minimum atomic E-state index is -0.398. The number of hydrogen-bond donors (Lipinski definition) is 0. The Labute approximate surface area is 146 Å². The molecule has 1 saturated carbocycles. The molecular weight excluding hydrogens is 320 g/mol. The minimum absolute atomic E-state index is 0.0697. The second kappa shape index (κ2) is 6.32. The molecule has 0 amide bonds. The Morgan fingerprint density at radius 2 is 1.71 bits per heavy atom. The average Bonchev–Trinajstić information content (AvgIpc) is 2.52. The van der Waals surface area contributed by atoms with Crippen LogP contribution < -0.4 is 0 Å². The molecule has 2 unspecified atom stereocenters. The third-order valence-electron chi connectivity index (χ3n) is 5.02. The van der Waals surface area contributed by atoms with E-state index in [1.165, 1.54) is 17.8 Å². The third kappa shape index (κ3) is 3.12. The highest BCUT2D eigenvalue weighted by atomic mass is 32.2. The summed E-state index contributed by atoms with van der Waals surface area (Å²) in [6, 6.07) is 6.92. The zero-order chi connectivity index (χ0) is 17.5. The van der Waals surface area contributed by atoms with Gasteiger partial charge in [-0.2, -0.15) is 0 Å². The molecule has 3 rings (SSSR count). The first-order chi connectivity index (χ1) is 11.3. The zero-order valence-electron chi connectivity index (χ0n) is 14.3. The number of ketones is 3. The van der Waals surface area contributed by atoms with Crippen LogP contribution in [0.15, 0.2) is 35.2 Å². The summed E-state index contributed by atoms with van der Waals surface area (Å²) in [7, 11) is 0. The Kier molecular flexibility index (Phi) is 4.52. The molecule has 0 N–H and O–H groups in total. The van der Waals surface area contributed by atoms with Gasteiger partial charge in [0.25, 0.3) is 0 Å². The van der Waals surface area contributed by atoms with Crippen LogP contribution in [0.1, 0.15) is 60.7 Å². The highest BCUT2D eigenvalue weighted by Crippen LogP contribution is 2.45. The van der Waals surface area contributed by atoms with Gasteiger partial charge >= 0.3 is 0 Å². The molecule has 0 aromatic heterocycles. The Bertz CT molecular complexity index is 745. The molecule has 126 valence electrons. The average molecular weight is 342 g/mol. The maximum absolute atomic E-state index is 12.7. The van der Waals surface area contributed by atoms with Gasteiger partial charge in [-0.25, -0.2) is 0 Å². The monoisotopic (exact) mass is 342 g/mol. The largest absolute Gasteiger partial charge is 0.299 e. The van der Waals surface area contributed by atoms with Crippen molar-refractivity contribution in [2.75, 3.05) is 0 Å². The van der Waals surface area contributed by atoms with Gasteiger partial charge in [0.1, 0.15) is 5.78 Å². The fraction of sp³-hybridized carbons (Fsp3) is 0.450. The predicted molar refractivity (Wildman–Crippen MR) is 96.4 cm³/mol. The maximum atomic E-state index is 12.7. The molecule has 24 heavy (non-hydrogen) atoms. The van der Waals surface area contributed by atoms with Crippen molar-refractivity contribution in [2.24, 2.45) is 11.8 Å². The van der Waals surface area contributed by atoms with Gasteiger partial charge in [-0.05, 0) is 32.6 Å². The zero-order valence-corrected chi connectivity index (χ0v) is 15.1. The first-order valence-corrected chi connectivity index (χ1v) is 9.22. The number of fused-ring (bicyclic) bond motifs is 1. The molecule has 2 aliphatic rings. The van der Waals surface area contributed by atoms with Crippen molar-refractivity contribution in [3.05, 3.63) is 46.4 Å². The van der Waals surface area contributed by atoms with Crippen LogP contribution in [-0.4, -0.2) is 22.1 Å². The number of Topliss-reactive ketones (excluding diaryl/α,β-unsaturated/α-hetero) is 2. The van der Waals surface area contributed by atoms with Gasteiger partial charge in [-0.15, -0.1) is 11.8 Å². The maximum Gasteiger partial charge on any atom is 0.200 e. The van der Waals surface area contributed by atoms with Gasteiger partial charge in [0, 0.05) is 34.3 Å². The summed E-state index contributed by atoms with van der Waals surface area (Å²) in [6.45, 7) is 6.13. The molecule has 1 aromatic carbocycles. The molecule has 0 aliphatic heterocycles. The molecule has 0 radical (unpaired) electrons. The Hall–Kier alpha value is -1.68. The molecule has 2 aliphatic carbocycles. The fourth-order valence-electron chi connectivity index (χ4n) is 3.66. The van der Waals surface area contributed by atoms with Crippen LogP contribution in [0.4, 0.5) is 0 Å². The highest BCUT2D eigenvalue weighted by Gasteiger charge is 2.40. The molecule has 0 spiro atoms. The van der Waals surface area contributed by atoms with Crippen molar-refractivity contribution in [1.82, 2.24) is 0 Å². The predicted octanol–water partition coefficient (Wildman–Crippen LogP) is 4.47. The quantitative estimate of drug-likeness (QED) is 0.813. The van der Waals surface area contributed by atoms with Gasteiger partial charge < -0.3 is 0 Å². The van der Waals surface area contributed by atoms with Crippen molar-refractivity contribution in [3.8, 4) is 0 Å². The third-order valence-corrected chi connectivity index (χ3v) is 6.36. The lowest BCUT2D eigenvalue weighted by Crippen LogP contribution is -2.38. The van der Waals surface area contributed by atoms with Crippen molar-refractivity contribution in [2.45, 2.75) is 44.8 Å². The van der Waals surface area contributed by atoms with Gasteiger partial charge in [0.2, 0.25) is 0 Å². The summed E-state index contributed by atoms with van der Waals surface area (Å²) in [5.41, 5.74) is 0.930. The summed E-state index contributed by atoms with van der Waals surface area (Å²) >= 11 is 1.38. The molecule has 3 nitrogen and oxygen atoms in total. The number of hydrogen-bond acceptors (Lipinski definition) is 4. The molecule has 2 atom stereocenters. The molecule has 4 heteroatoms. The van der Waals surface area contributed by atoms with Gasteiger partial charge in [-0.1, -0.05) is 31.2 Å². The van der Waals surface area contributed by atoms with E-state index >= 15 is 0 Å². The van der Waals surface area contributed by atoms with E-state index in [1.54, 1.807) is 24.3 Å². The smallest absolute Gasteiger partial charge is 0.200 e. The van der Waals surface area contributed by atoms with Crippen LogP contribution in [0.5, 0.6) is 0 Å². The van der Waals surface area contributed by atoms with E-state index in [0.717, 1.165) is 12.8 Å². The summed E-state index contributed by atoms with van der Waals surface area (Å²) in [5.74, 6) is 0.409. The first kappa shape index (κ1) is 17.2. The van der Waals surface area contributed by atoms with Gasteiger partial charge in [0.15, 0.2) is 11.6 Å². The molecule has 1 aromatic rings. The SMILES string of the molecule is CC1CCC(C(C)(C)SC2=CC(=O)c3ccccc3C2=O)C(=O)C1. The van der Waals surface area contributed by atoms with Crippen molar-refractivity contribution >= 4 is 29.1 Å². The minimum Gasteiger partial charge on any atom is -0.299 e. The summed E-state index contributed by atoms with van der Waals surface area (Å²) in [6.07, 6.45) is 3.94. The molecule has 0 heterocycles. The Morgan fingerprint density at radius 1 is 1.04 bits per heavy atom. The summed E-state index contributed by atoms with van der Waals surface area (Å²) in [5, 5.41) is 0. The fourth-order valence-corrected chi connectivity index (χ4v) is 4.98. The van der Waals surface area contributed by atoms with Crippen LogP contribution in [0.3, 0.4) is 0 Å². The number of carbonyl (C=O) groups excluding carboxylic acids is 3. The standard InChI is InChI=1S/C20H22O3S/c1-12-8-9-15(17(22)10-12)20(2,3)24-18-11-16(21)13-6-4-5-7-14(13)19(18)23/h4-7,11-12,15H,8-10H2,1-3H3. The number of carbonyl (C=O) groups is 3. The van der Waals surface area contributed by atoms with Gasteiger partial charge in [0.05, 0.1) is 4.91 Å². The Morgan fingerprint density at radius 3 is 2.38 bits per heavy atom. The lowest BCUT2D eigenvalue weighted by atomic mass is 9.76. The number of benzene rings is 1. The van der Waals surface area contributed by atoms with Crippen molar-refractivity contribution in [1.29, 1.82) is 0 Å². The van der Waals surface area contributed by atoms with Crippen molar-refractivity contribution < 1.29 is 14.4 Å². The lowest BCUT2D eigenvalue weighted by molar-refractivity contribution is -0.126. The second-order valence-corrected chi connectivity index (χ2v) is 9.05. The lowest BCUT2D eigenvalue weighted by Gasteiger charge is -2.37. The second-order valence-electron chi connectivity index (χ2n) is 7.36. The molecule has 1 fully saturated rings. The van der Waals surface area contributed by atoms with Crippen LogP contribution in [0.25, 0.3) is 0 Å². The van der Waals surface area contributed by atoms with E-state index in [-0.39, 0.29) is 23.3 Å². The Balaban J connectivity index is 1.84. The van der Waals surface area contributed by atoms with E-state index < -0.39 is 4.75 Å². The van der Waals surface area contributed by atoms with Crippen molar-refractivity contribution in [3.63, 3.8) is 0 Å². The number of rotatable bonds is 3. The van der Waals surface area contributed by atoms with Crippen LogP contribution >= 0.6 is 11.8 Å². The number of thioether (sulfide) groups is 1. The molecule has 0 saturated heterocycles. The molecule has 0 bridgehead atoms. The van der Waals surface area contributed by atoms with E-state index in [2.05, 4.69) is 6.92 Å². The summed E-state index contributed by atoms with van der Waals surface area (Å²) in [4.78, 5) is 37.9. The topological polar surface area (TPSA) is 51.2 Å². The van der Waals surface area contributed by atoms with Crippen LogP contribution in [-0.2, 0) is 4.79 Å². The summed E-state index contributed by atoms with van der Waals surface area (Å²) < 4.78 is -0.398. The van der Waals surface area contributed by atoms with Gasteiger partial charge in [-0.3, -0.25) is 14.4 Å². The molecular formula is C20H22O3S. The van der Waals surface area contributed by atoms with Crippen LogP contribution in [0.2, 0.25) is 0 Å². The normalized spacial score (nSPS) is 24.6.